The minimum atomic E-state index is -0.504. The van der Waals surface area contributed by atoms with E-state index in [9.17, 15) is 4.79 Å². The van der Waals surface area contributed by atoms with Crippen LogP contribution < -0.4 is 0 Å². The molecule has 0 aromatic heterocycles. The molecule has 110 valence electrons. The van der Waals surface area contributed by atoms with Gasteiger partial charge in [0.25, 0.3) is 0 Å². The van der Waals surface area contributed by atoms with E-state index in [0.29, 0.717) is 5.56 Å². The lowest BCUT2D eigenvalue weighted by atomic mass is 10.0. The molecule has 0 N–H and O–H groups in total. The summed E-state index contributed by atoms with van der Waals surface area (Å²) in [7, 11) is 0. The number of carbonyl (C=O) groups is 1. The molecule has 0 saturated carbocycles. The monoisotopic (exact) mass is 346 g/mol. The third-order valence-electron chi connectivity index (χ3n) is 2.98. The maximum atomic E-state index is 12.3. The van der Waals surface area contributed by atoms with Crippen molar-refractivity contribution in [3.8, 4) is 11.1 Å². The number of hydrogen-bond donors (Lipinski definition) is 0. The van der Waals surface area contributed by atoms with Crippen LogP contribution in [0.3, 0.4) is 0 Å². The molecule has 0 saturated heterocycles. The van der Waals surface area contributed by atoms with E-state index < -0.39 is 5.60 Å². The molecule has 0 bridgehead atoms. The van der Waals surface area contributed by atoms with Gasteiger partial charge in [0.1, 0.15) is 5.60 Å². The standard InChI is InChI=1S/C18H19BrO2/c1-12-8-10-13(11-9-12)14-6-5-7-15(16(14)19)17(20)21-18(2,3)4/h5-11H,1-4H3. The molecular formula is C18H19BrO2. The molecule has 0 fully saturated rings. The highest BCUT2D eigenvalue weighted by Gasteiger charge is 2.21. The van der Waals surface area contributed by atoms with Gasteiger partial charge in [0.2, 0.25) is 0 Å². The Labute approximate surface area is 134 Å². The van der Waals surface area contributed by atoms with Gasteiger partial charge in [-0.25, -0.2) is 4.79 Å². The second kappa shape index (κ2) is 6.02. The third-order valence-corrected chi connectivity index (χ3v) is 3.83. The first-order valence-corrected chi connectivity index (χ1v) is 7.66. The Bertz CT molecular complexity index is 652. The lowest BCUT2D eigenvalue weighted by Gasteiger charge is -2.20. The van der Waals surface area contributed by atoms with Crippen molar-refractivity contribution >= 4 is 21.9 Å². The van der Waals surface area contributed by atoms with E-state index in [1.165, 1.54) is 5.56 Å². The van der Waals surface area contributed by atoms with Crippen molar-refractivity contribution in [2.45, 2.75) is 33.3 Å². The summed E-state index contributed by atoms with van der Waals surface area (Å²) in [6.07, 6.45) is 0. The van der Waals surface area contributed by atoms with Gasteiger partial charge in [-0.2, -0.15) is 0 Å². The number of esters is 1. The van der Waals surface area contributed by atoms with Crippen molar-refractivity contribution in [2.24, 2.45) is 0 Å². The van der Waals surface area contributed by atoms with E-state index >= 15 is 0 Å². The van der Waals surface area contributed by atoms with Gasteiger partial charge in [0.15, 0.2) is 0 Å². The topological polar surface area (TPSA) is 26.3 Å². The Morgan fingerprint density at radius 3 is 2.24 bits per heavy atom. The van der Waals surface area contributed by atoms with Crippen LogP contribution in [0.1, 0.15) is 36.7 Å². The fraction of sp³-hybridized carbons (Fsp3) is 0.278. The number of benzene rings is 2. The van der Waals surface area contributed by atoms with Gasteiger partial charge in [-0.05, 0) is 60.8 Å². The minimum Gasteiger partial charge on any atom is -0.456 e. The summed E-state index contributed by atoms with van der Waals surface area (Å²) < 4.78 is 6.21. The first-order valence-electron chi connectivity index (χ1n) is 6.87. The Balaban J connectivity index is 2.41. The first kappa shape index (κ1) is 15.8. The van der Waals surface area contributed by atoms with Crippen LogP contribution in [0.15, 0.2) is 46.9 Å². The summed E-state index contributed by atoms with van der Waals surface area (Å²) in [5.74, 6) is -0.316. The van der Waals surface area contributed by atoms with Crippen molar-refractivity contribution in [2.75, 3.05) is 0 Å². The number of carbonyl (C=O) groups excluding carboxylic acids is 1. The van der Waals surface area contributed by atoms with Crippen LogP contribution in [0.4, 0.5) is 0 Å². The zero-order chi connectivity index (χ0) is 15.6. The highest BCUT2D eigenvalue weighted by Crippen LogP contribution is 2.32. The van der Waals surface area contributed by atoms with Crippen LogP contribution >= 0.6 is 15.9 Å². The fourth-order valence-corrected chi connectivity index (χ4v) is 2.63. The largest absolute Gasteiger partial charge is 0.456 e. The van der Waals surface area contributed by atoms with Gasteiger partial charge in [-0.3, -0.25) is 0 Å². The van der Waals surface area contributed by atoms with E-state index in [1.807, 2.05) is 45.0 Å². The summed E-state index contributed by atoms with van der Waals surface area (Å²) in [6, 6.07) is 13.9. The smallest absolute Gasteiger partial charge is 0.339 e. The molecule has 0 aliphatic carbocycles. The summed E-state index contributed by atoms with van der Waals surface area (Å²) in [5.41, 5.74) is 3.30. The van der Waals surface area contributed by atoms with Crippen molar-refractivity contribution in [1.82, 2.24) is 0 Å². The maximum absolute atomic E-state index is 12.3. The number of rotatable bonds is 2. The molecule has 0 atom stereocenters. The van der Waals surface area contributed by atoms with Crippen molar-refractivity contribution in [3.05, 3.63) is 58.1 Å². The zero-order valence-corrected chi connectivity index (χ0v) is 14.3. The summed E-state index contributed by atoms with van der Waals surface area (Å²) in [4.78, 5) is 12.3. The molecule has 0 heterocycles. The Hall–Kier alpha value is -1.61. The predicted octanol–water partition coefficient (Wildman–Crippen LogP) is 5.38. The van der Waals surface area contributed by atoms with Crippen molar-refractivity contribution < 1.29 is 9.53 Å². The molecule has 0 aliphatic rings. The highest BCUT2D eigenvalue weighted by atomic mass is 79.9. The quantitative estimate of drug-likeness (QED) is 0.682. The SMILES string of the molecule is Cc1ccc(-c2cccc(C(=O)OC(C)(C)C)c2Br)cc1. The summed E-state index contributed by atoms with van der Waals surface area (Å²) >= 11 is 3.54. The van der Waals surface area contributed by atoms with Crippen molar-refractivity contribution in [3.63, 3.8) is 0 Å². The zero-order valence-electron chi connectivity index (χ0n) is 12.7. The number of hydrogen-bond acceptors (Lipinski definition) is 2. The number of halogens is 1. The van der Waals surface area contributed by atoms with Crippen LogP contribution in [0.2, 0.25) is 0 Å². The van der Waals surface area contributed by atoms with Crippen LogP contribution in [-0.2, 0) is 4.74 Å². The van der Waals surface area contributed by atoms with Gasteiger partial charge in [0, 0.05) is 4.47 Å². The molecule has 0 spiro atoms. The van der Waals surface area contributed by atoms with Crippen molar-refractivity contribution in [1.29, 1.82) is 0 Å². The van der Waals surface area contributed by atoms with Crippen LogP contribution in [-0.4, -0.2) is 11.6 Å². The first-order chi connectivity index (χ1) is 9.78. The number of aryl methyl sites for hydroxylation is 1. The molecule has 2 nitrogen and oxygen atoms in total. The van der Waals surface area contributed by atoms with Crippen LogP contribution in [0, 0.1) is 6.92 Å². The van der Waals surface area contributed by atoms with E-state index in [2.05, 4.69) is 35.0 Å². The minimum absolute atomic E-state index is 0.316. The molecule has 3 heteroatoms. The summed E-state index contributed by atoms with van der Waals surface area (Å²) in [5, 5.41) is 0. The predicted molar refractivity (Wildman–Crippen MR) is 89.5 cm³/mol. The average Bonchev–Trinajstić information content (AvgIpc) is 2.38. The highest BCUT2D eigenvalue weighted by molar-refractivity contribution is 9.10. The summed E-state index contributed by atoms with van der Waals surface area (Å²) in [6.45, 7) is 7.64. The van der Waals surface area contributed by atoms with Crippen LogP contribution in [0.5, 0.6) is 0 Å². The molecule has 2 aromatic carbocycles. The maximum Gasteiger partial charge on any atom is 0.339 e. The molecular weight excluding hydrogens is 328 g/mol. The molecule has 0 radical (unpaired) electrons. The Morgan fingerprint density at radius 1 is 1.05 bits per heavy atom. The lowest BCUT2D eigenvalue weighted by molar-refractivity contribution is 0.00685. The Kier molecular flexibility index (Phi) is 4.52. The lowest BCUT2D eigenvalue weighted by Crippen LogP contribution is -2.24. The van der Waals surface area contributed by atoms with Gasteiger partial charge < -0.3 is 4.74 Å². The Morgan fingerprint density at radius 2 is 1.67 bits per heavy atom. The van der Waals surface area contributed by atoms with E-state index in [0.717, 1.165) is 15.6 Å². The molecule has 2 rings (SSSR count). The molecule has 2 aromatic rings. The second-order valence-electron chi connectivity index (χ2n) is 6.04. The number of ether oxygens (including phenoxy) is 1. The van der Waals surface area contributed by atoms with Gasteiger partial charge >= 0.3 is 5.97 Å². The van der Waals surface area contributed by atoms with E-state index in [4.69, 9.17) is 4.74 Å². The average molecular weight is 347 g/mol. The third kappa shape index (κ3) is 3.94. The molecule has 0 unspecified atom stereocenters. The second-order valence-corrected chi connectivity index (χ2v) is 6.83. The van der Waals surface area contributed by atoms with E-state index in [1.54, 1.807) is 6.07 Å². The van der Waals surface area contributed by atoms with Gasteiger partial charge in [-0.15, -0.1) is 0 Å². The van der Waals surface area contributed by atoms with Gasteiger partial charge in [0.05, 0.1) is 5.56 Å². The molecule has 21 heavy (non-hydrogen) atoms. The molecule has 0 aliphatic heterocycles. The van der Waals surface area contributed by atoms with Gasteiger partial charge in [-0.1, -0.05) is 42.0 Å². The van der Waals surface area contributed by atoms with E-state index in [-0.39, 0.29) is 5.97 Å². The molecule has 0 amide bonds. The fourth-order valence-electron chi connectivity index (χ4n) is 1.98. The normalized spacial score (nSPS) is 11.3. The van der Waals surface area contributed by atoms with Crippen LogP contribution in [0.25, 0.3) is 11.1 Å².